The second-order valence-electron chi connectivity index (χ2n) is 16.8. The summed E-state index contributed by atoms with van der Waals surface area (Å²) in [6.07, 6.45) is 0. The van der Waals surface area contributed by atoms with Crippen molar-refractivity contribution >= 4 is 99.5 Å². The number of fused-ring (bicyclic) bond motifs is 8. The number of hydrogen-bond donors (Lipinski definition) is 0. The molecule has 310 valence electrons. The molecule has 0 aliphatic carbocycles. The SMILES string of the molecule is c1ccc(N(c2cccc(-c3cccc4c3oc3ccccc34)c2)c2c3ccccc3c(N(c3ccccc3)c3cccc(-c4cccc5c4oc4ccccc45)c3)c3ccccc23)cc1. The van der Waals surface area contributed by atoms with Crippen molar-refractivity contribution in [3.8, 4) is 22.3 Å². The number of anilines is 6. The Morgan fingerprint density at radius 2 is 0.561 bits per heavy atom. The highest BCUT2D eigenvalue weighted by atomic mass is 16.3. The van der Waals surface area contributed by atoms with Gasteiger partial charge in [-0.1, -0.05) is 182 Å². The average Bonchev–Trinajstić information content (AvgIpc) is 3.97. The summed E-state index contributed by atoms with van der Waals surface area (Å²) in [7, 11) is 0. The van der Waals surface area contributed by atoms with E-state index in [1.807, 2.05) is 24.3 Å². The third-order valence-corrected chi connectivity index (χ3v) is 13.0. The standard InChI is InChI=1S/C62H40N2O2/c1-3-21-43(22-4-1)63(45-25-15-19-41(39-45)47-33-17-35-55-49-27-11-13-37-57(49)65-61(47)55)59-51-29-7-9-31-53(51)60(54-32-10-8-30-52(54)59)64(44-23-5-2-6-24-44)46-26-16-20-42(40-46)48-34-18-36-56-50-28-12-14-38-58(50)66-62(48)56/h1-40H. The molecule has 0 aliphatic heterocycles. The van der Waals surface area contributed by atoms with Crippen molar-refractivity contribution in [3.05, 3.63) is 243 Å². The van der Waals surface area contributed by atoms with E-state index in [9.17, 15) is 0 Å². The van der Waals surface area contributed by atoms with Crippen LogP contribution in [0.2, 0.25) is 0 Å². The van der Waals surface area contributed by atoms with Crippen LogP contribution in [0.3, 0.4) is 0 Å². The molecule has 4 heteroatoms. The molecule has 13 aromatic rings. The van der Waals surface area contributed by atoms with E-state index in [1.165, 1.54) is 0 Å². The number of rotatable bonds is 8. The molecule has 0 saturated heterocycles. The second-order valence-corrected chi connectivity index (χ2v) is 16.8. The van der Waals surface area contributed by atoms with Gasteiger partial charge >= 0.3 is 0 Å². The first-order chi connectivity index (χ1) is 32.8. The van der Waals surface area contributed by atoms with Crippen LogP contribution in [0, 0.1) is 0 Å². The van der Waals surface area contributed by atoms with Gasteiger partial charge in [0.1, 0.15) is 22.3 Å². The smallest absolute Gasteiger partial charge is 0.143 e. The van der Waals surface area contributed by atoms with Crippen molar-refractivity contribution in [2.45, 2.75) is 0 Å². The molecule has 66 heavy (non-hydrogen) atoms. The Labute approximate surface area is 381 Å². The zero-order chi connectivity index (χ0) is 43.6. The Kier molecular flexibility index (Phi) is 8.81. The van der Waals surface area contributed by atoms with E-state index in [0.29, 0.717) is 0 Å². The van der Waals surface area contributed by atoms with Crippen molar-refractivity contribution in [1.82, 2.24) is 0 Å². The lowest BCUT2D eigenvalue weighted by Gasteiger charge is -2.33. The summed E-state index contributed by atoms with van der Waals surface area (Å²) < 4.78 is 13.1. The predicted octanol–water partition coefficient (Wildman–Crippen LogP) is 18.1. The normalized spacial score (nSPS) is 11.6. The maximum absolute atomic E-state index is 6.57. The summed E-state index contributed by atoms with van der Waals surface area (Å²) in [5.41, 5.74) is 14.3. The van der Waals surface area contributed by atoms with Gasteiger partial charge in [-0.25, -0.2) is 0 Å². The van der Waals surface area contributed by atoms with E-state index in [4.69, 9.17) is 8.83 Å². The van der Waals surface area contributed by atoms with Crippen molar-refractivity contribution in [3.63, 3.8) is 0 Å². The van der Waals surface area contributed by atoms with Crippen molar-refractivity contribution in [1.29, 1.82) is 0 Å². The zero-order valence-electron chi connectivity index (χ0n) is 35.8. The van der Waals surface area contributed by atoms with Crippen LogP contribution in [0.15, 0.2) is 251 Å². The lowest BCUT2D eigenvalue weighted by atomic mass is 9.94. The number of nitrogens with zero attached hydrogens (tertiary/aromatic N) is 2. The van der Waals surface area contributed by atoms with Gasteiger partial charge in [0.2, 0.25) is 0 Å². The summed E-state index contributed by atoms with van der Waals surface area (Å²) in [4.78, 5) is 4.86. The molecule has 0 amide bonds. The third-order valence-electron chi connectivity index (χ3n) is 13.0. The van der Waals surface area contributed by atoms with Crippen LogP contribution in [0.25, 0.3) is 87.7 Å². The molecule has 2 heterocycles. The fraction of sp³-hybridized carbons (Fsp3) is 0. The molecule has 0 unspecified atom stereocenters. The number of para-hydroxylation sites is 6. The Balaban J connectivity index is 1.04. The molecule has 0 aliphatic rings. The van der Waals surface area contributed by atoms with Crippen molar-refractivity contribution in [2.24, 2.45) is 0 Å². The van der Waals surface area contributed by atoms with E-state index < -0.39 is 0 Å². The summed E-state index contributed by atoms with van der Waals surface area (Å²) in [6, 6.07) is 86.4. The molecule has 4 nitrogen and oxygen atoms in total. The van der Waals surface area contributed by atoms with Crippen LogP contribution in [0.5, 0.6) is 0 Å². The first kappa shape index (κ1) is 37.7. The Morgan fingerprint density at radius 1 is 0.242 bits per heavy atom. The van der Waals surface area contributed by atoms with Crippen LogP contribution >= 0.6 is 0 Å². The number of furan rings is 2. The first-order valence-electron chi connectivity index (χ1n) is 22.4. The Morgan fingerprint density at radius 3 is 0.970 bits per heavy atom. The van der Waals surface area contributed by atoms with Crippen LogP contribution in [-0.2, 0) is 0 Å². The quantitative estimate of drug-likeness (QED) is 0.113. The van der Waals surface area contributed by atoms with E-state index >= 15 is 0 Å². The van der Waals surface area contributed by atoms with Gasteiger partial charge in [0.15, 0.2) is 0 Å². The summed E-state index contributed by atoms with van der Waals surface area (Å²) in [6.45, 7) is 0. The minimum atomic E-state index is 0.889. The highest BCUT2D eigenvalue weighted by molar-refractivity contribution is 6.23. The number of hydrogen-bond acceptors (Lipinski definition) is 4. The minimum absolute atomic E-state index is 0.889. The van der Waals surface area contributed by atoms with Crippen molar-refractivity contribution < 1.29 is 8.83 Å². The lowest BCUT2D eigenvalue weighted by Crippen LogP contribution is -2.14. The molecule has 0 bridgehead atoms. The fourth-order valence-corrected chi connectivity index (χ4v) is 10.1. The molecule has 11 aromatic carbocycles. The molecule has 0 fully saturated rings. The first-order valence-corrected chi connectivity index (χ1v) is 22.4. The second kappa shape index (κ2) is 15.4. The maximum Gasteiger partial charge on any atom is 0.143 e. The van der Waals surface area contributed by atoms with E-state index in [0.717, 1.165) is 122 Å². The van der Waals surface area contributed by atoms with E-state index in [-0.39, 0.29) is 0 Å². The zero-order valence-corrected chi connectivity index (χ0v) is 35.8. The minimum Gasteiger partial charge on any atom is -0.455 e. The lowest BCUT2D eigenvalue weighted by molar-refractivity contribution is 0.669. The molecule has 0 radical (unpaired) electrons. The molecular formula is C62H40N2O2. The van der Waals surface area contributed by atoms with Gasteiger partial charge in [0.25, 0.3) is 0 Å². The number of benzene rings is 11. The van der Waals surface area contributed by atoms with Crippen LogP contribution < -0.4 is 9.80 Å². The molecule has 0 atom stereocenters. The van der Waals surface area contributed by atoms with Gasteiger partial charge in [-0.15, -0.1) is 0 Å². The van der Waals surface area contributed by atoms with Crippen LogP contribution in [0.1, 0.15) is 0 Å². The van der Waals surface area contributed by atoms with Gasteiger partial charge in [0, 0.05) is 77.0 Å². The van der Waals surface area contributed by atoms with Gasteiger partial charge in [-0.2, -0.15) is 0 Å². The van der Waals surface area contributed by atoms with Gasteiger partial charge in [0.05, 0.1) is 11.4 Å². The molecule has 13 rings (SSSR count). The van der Waals surface area contributed by atoms with Gasteiger partial charge in [-0.05, 0) is 71.8 Å². The van der Waals surface area contributed by atoms with E-state index in [2.05, 4.69) is 228 Å². The van der Waals surface area contributed by atoms with Crippen LogP contribution in [0.4, 0.5) is 34.1 Å². The van der Waals surface area contributed by atoms with Gasteiger partial charge in [-0.3, -0.25) is 0 Å². The molecule has 2 aromatic heterocycles. The third kappa shape index (κ3) is 6.07. The molecular weight excluding hydrogens is 805 g/mol. The monoisotopic (exact) mass is 844 g/mol. The predicted molar refractivity (Wildman–Crippen MR) is 276 cm³/mol. The molecule has 0 saturated carbocycles. The van der Waals surface area contributed by atoms with Crippen molar-refractivity contribution in [2.75, 3.05) is 9.80 Å². The summed E-state index contributed by atoms with van der Waals surface area (Å²) >= 11 is 0. The summed E-state index contributed by atoms with van der Waals surface area (Å²) in [5.74, 6) is 0. The van der Waals surface area contributed by atoms with Gasteiger partial charge < -0.3 is 18.6 Å². The Bertz CT molecular complexity index is 3650. The largest absolute Gasteiger partial charge is 0.455 e. The topological polar surface area (TPSA) is 32.8 Å². The van der Waals surface area contributed by atoms with Crippen LogP contribution in [-0.4, -0.2) is 0 Å². The highest BCUT2D eigenvalue weighted by Crippen LogP contribution is 2.52. The molecule has 0 spiro atoms. The van der Waals surface area contributed by atoms with E-state index in [1.54, 1.807) is 0 Å². The highest BCUT2D eigenvalue weighted by Gasteiger charge is 2.26. The Hall–Kier alpha value is -8.86. The molecule has 0 N–H and O–H groups in total. The average molecular weight is 845 g/mol. The maximum atomic E-state index is 6.57. The summed E-state index contributed by atoms with van der Waals surface area (Å²) in [5, 5.41) is 8.98. The fourth-order valence-electron chi connectivity index (χ4n) is 10.1.